The van der Waals surface area contributed by atoms with Gasteiger partial charge >= 0.3 is 6.18 Å². The summed E-state index contributed by atoms with van der Waals surface area (Å²) in [6, 6.07) is 6.77. The molecule has 0 bridgehead atoms. The van der Waals surface area contributed by atoms with E-state index in [0.29, 0.717) is 5.69 Å². The normalized spacial score (nSPS) is 22.6. The van der Waals surface area contributed by atoms with E-state index >= 15 is 0 Å². The number of para-hydroxylation sites is 1. The maximum Gasteiger partial charge on any atom is 0.408 e. The fraction of sp³-hybridized carbons (Fsp3) is 0.429. The van der Waals surface area contributed by atoms with Crippen molar-refractivity contribution in [1.29, 1.82) is 0 Å². The number of amides is 2. The molecule has 1 fully saturated rings. The summed E-state index contributed by atoms with van der Waals surface area (Å²) in [5.41, 5.74) is 0.591. The van der Waals surface area contributed by atoms with Crippen LogP contribution in [0.15, 0.2) is 30.3 Å². The standard InChI is InChI=1S/C14H15F3N2O2/c1-19(9-5-3-2-4-6-9)13(21)10-7-8-11(14(15,16)17)18-12(10)20/h2-6,10-11H,7-8H2,1H3,(H,18,20)/t10-,11+/m0/s1. The Labute approximate surface area is 119 Å². The Kier molecular flexibility index (Phi) is 4.20. The zero-order valence-electron chi connectivity index (χ0n) is 11.4. The third kappa shape index (κ3) is 3.34. The van der Waals surface area contributed by atoms with Gasteiger partial charge in [0.2, 0.25) is 11.8 Å². The summed E-state index contributed by atoms with van der Waals surface area (Å²) in [7, 11) is 1.50. The molecule has 0 saturated carbocycles. The van der Waals surface area contributed by atoms with Crippen LogP contribution in [0.1, 0.15) is 12.8 Å². The molecule has 1 aliphatic heterocycles. The Morgan fingerprint density at radius 3 is 2.38 bits per heavy atom. The lowest BCUT2D eigenvalue weighted by Gasteiger charge is -2.31. The highest BCUT2D eigenvalue weighted by molar-refractivity contribution is 6.07. The van der Waals surface area contributed by atoms with E-state index in [0.717, 1.165) is 0 Å². The summed E-state index contributed by atoms with van der Waals surface area (Å²) >= 11 is 0. The van der Waals surface area contributed by atoms with Crippen LogP contribution in [-0.4, -0.2) is 31.1 Å². The second kappa shape index (κ2) is 5.75. The molecule has 1 aromatic carbocycles. The molecule has 4 nitrogen and oxygen atoms in total. The number of carbonyl (C=O) groups is 2. The summed E-state index contributed by atoms with van der Waals surface area (Å²) in [5, 5.41) is 1.88. The fourth-order valence-corrected chi connectivity index (χ4v) is 2.30. The minimum absolute atomic E-state index is 0.105. The largest absolute Gasteiger partial charge is 0.408 e. The second-order valence-electron chi connectivity index (χ2n) is 4.97. The van der Waals surface area contributed by atoms with Crippen molar-refractivity contribution >= 4 is 17.5 Å². The number of hydrogen-bond donors (Lipinski definition) is 1. The lowest BCUT2D eigenvalue weighted by molar-refractivity contribution is -0.171. The summed E-state index contributed by atoms with van der Waals surface area (Å²) < 4.78 is 37.7. The quantitative estimate of drug-likeness (QED) is 0.850. The highest BCUT2D eigenvalue weighted by Crippen LogP contribution is 2.29. The molecule has 0 aromatic heterocycles. The van der Waals surface area contributed by atoms with Crippen molar-refractivity contribution in [2.75, 3.05) is 11.9 Å². The third-order valence-corrected chi connectivity index (χ3v) is 3.54. The first-order valence-corrected chi connectivity index (χ1v) is 6.50. The monoisotopic (exact) mass is 300 g/mol. The summed E-state index contributed by atoms with van der Waals surface area (Å²) in [6.45, 7) is 0. The molecule has 21 heavy (non-hydrogen) atoms. The summed E-state index contributed by atoms with van der Waals surface area (Å²) in [6.07, 6.45) is -4.87. The zero-order valence-corrected chi connectivity index (χ0v) is 11.4. The minimum atomic E-state index is -4.48. The molecule has 1 heterocycles. The molecule has 1 N–H and O–H groups in total. The number of hydrogen-bond acceptors (Lipinski definition) is 2. The molecular formula is C14H15F3N2O2. The van der Waals surface area contributed by atoms with Crippen molar-refractivity contribution < 1.29 is 22.8 Å². The van der Waals surface area contributed by atoms with Crippen LogP contribution < -0.4 is 10.2 Å². The van der Waals surface area contributed by atoms with Crippen molar-refractivity contribution in [3.8, 4) is 0 Å². The van der Waals surface area contributed by atoms with Gasteiger partial charge in [-0.2, -0.15) is 13.2 Å². The number of alkyl halides is 3. The van der Waals surface area contributed by atoms with Crippen molar-refractivity contribution in [3.63, 3.8) is 0 Å². The Balaban J connectivity index is 2.06. The van der Waals surface area contributed by atoms with Gasteiger partial charge in [0, 0.05) is 12.7 Å². The summed E-state index contributed by atoms with van der Waals surface area (Å²) in [5.74, 6) is -2.44. The number of halogens is 3. The smallest absolute Gasteiger partial charge is 0.344 e. The molecule has 0 spiro atoms. The van der Waals surface area contributed by atoms with Gasteiger partial charge in [0.1, 0.15) is 12.0 Å². The van der Waals surface area contributed by atoms with Crippen LogP contribution in [0.4, 0.5) is 18.9 Å². The minimum Gasteiger partial charge on any atom is -0.344 e. The van der Waals surface area contributed by atoms with Gasteiger partial charge < -0.3 is 10.2 Å². The van der Waals surface area contributed by atoms with E-state index in [9.17, 15) is 22.8 Å². The van der Waals surface area contributed by atoms with Gasteiger partial charge in [-0.1, -0.05) is 18.2 Å². The van der Waals surface area contributed by atoms with Crippen molar-refractivity contribution in [2.24, 2.45) is 5.92 Å². The number of rotatable bonds is 2. The molecule has 1 aromatic rings. The van der Waals surface area contributed by atoms with Crippen LogP contribution >= 0.6 is 0 Å². The van der Waals surface area contributed by atoms with Crippen molar-refractivity contribution in [1.82, 2.24) is 5.32 Å². The number of benzene rings is 1. The van der Waals surface area contributed by atoms with Crippen molar-refractivity contribution in [2.45, 2.75) is 25.1 Å². The van der Waals surface area contributed by atoms with Gasteiger partial charge in [-0.25, -0.2) is 0 Å². The molecule has 2 amide bonds. The molecule has 1 saturated heterocycles. The van der Waals surface area contributed by atoms with Crippen LogP contribution in [0.3, 0.4) is 0 Å². The second-order valence-corrected chi connectivity index (χ2v) is 4.97. The van der Waals surface area contributed by atoms with E-state index in [1.54, 1.807) is 30.3 Å². The average molecular weight is 300 g/mol. The zero-order chi connectivity index (χ0) is 15.6. The molecule has 2 atom stereocenters. The highest BCUT2D eigenvalue weighted by Gasteiger charge is 2.46. The Bertz CT molecular complexity index is 531. The SMILES string of the molecule is CN(C(=O)[C@H]1CC[C@H](C(F)(F)F)NC1=O)c1ccccc1. The first kappa shape index (κ1) is 15.3. The maximum atomic E-state index is 12.6. The van der Waals surface area contributed by atoms with Gasteiger partial charge in [-0.15, -0.1) is 0 Å². The van der Waals surface area contributed by atoms with Crippen LogP contribution in [0.5, 0.6) is 0 Å². The molecule has 2 rings (SSSR count). The molecule has 114 valence electrons. The number of piperidine rings is 1. The fourth-order valence-electron chi connectivity index (χ4n) is 2.30. The van der Waals surface area contributed by atoms with E-state index in [1.165, 1.54) is 11.9 Å². The Morgan fingerprint density at radius 1 is 1.24 bits per heavy atom. The van der Waals surface area contributed by atoms with Crippen LogP contribution in [-0.2, 0) is 9.59 Å². The predicted molar refractivity (Wildman–Crippen MR) is 70.6 cm³/mol. The Morgan fingerprint density at radius 2 is 1.86 bits per heavy atom. The topological polar surface area (TPSA) is 49.4 Å². The molecule has 0 radical (unpaired) electrons. The number of anilines is 1. The number of carbonyl (C=O) groups excluding carboxylic acids is 2. The van der Waals surface area contributed by atoms with Crippen LogP contribution in [0.2, 0.25) is 0 Å². The Hall–Kier alpha value is -2.05. The van der Waals surface area contributed by atoms with Gasteiger partial charge in [-0.3, -0.25) is 9.59 Å². The van der Waals surface area contributed by atoms with Crippen LogP contribution in [0.25, 0.3) is 0 Å². The summed E-state index contributed by atoms with van der Waals surface area (Å²) in [4.78, 5) is 25.3. The lowest BCUT2D eigenvalue weighted by atomic mass is 9.92. The molecule has 0 unspecified atom stereocenters. The molecule has 1 aliphatic rings. The molecular weight excluding hydrogens is 285 g/mol. The van der Waals surface area contributed by atoms with Gasteiger partial charge in [0.05, 0.1) is 0 Å². The predicted octanol–water partition coefficient (Wildman–Crippen LogP) is 2.11. The highest BCUT2D eigenvalue weighted by atomic mass is 19.4. The lowest BCUT2D eigenvalue weighted by Crippen LogP contribution is -2.54. The number of nitrogens with one attached hydrogen (secondary N) is 1. The van der Waals surface area contributed by atoms with E-state index < -0.39 is 30.0 Å². The maximum absolute atomic E-state index is 12.6. The van der Waals surface area contributed by atoms with E-state index in [1.807, 2.05) is 5.32 Å². The van der Waals surface area contributed by atoms with E-state index in [2.05, 4.69) is 0 Å². The van der Waals surface area contributed by atoms with Crippen LogP contribution in [0, 0.1) is 5.92 Å². The molecule has 7 heteroatoms. The number of nitrogens with zero attached hydrogens (tertiary/aromatic N) is 1. The van der Waals surface area contributed by atoms with Crippen molar-refractivity contribution in [3.05, 3.63) is 30.3 Å². The van der Waals surface area contributed by atoms with Gasteiger partial charge in [0.15, 0.2) is 0 Å². The third-order valence-electron chi connectivity index (χ3n) is 3.54. The van der Waals surface area contributed by atoms with Gasteiger partial charge in [-0.05, 0) is 25.0 Å². The average Bonchev–Trinajstić information content (AvgIpc) is 2.45. The molecule has 0 aliphatic carbocycles. The first-order valence-electron chi connectivity index (χ1n) is 6.50. The van der Waals surface area contributed by atoms with E-state index in [4.69, 9.17) is 0 Å². The van der Waals surface area contributed by atoms with E-state index in [-0.39, 0.29) is 12.8 Å². The first-order chi connectivity index (χ1) is 9.80. The van der Waals surface area contributed by atoms with Gasteiger partial charge in [0.25, 0.3) is 0 Å².